The maximum Gasteiger partial charge on any atom is 0.343 e. The van der Waals surface area contributed by atoms with E-state index in [0.29, 0.717) is 39.5 Å². The van der Waals surface area contributed by atoms with Gasteiger partial charge in [0.25, 0.3) is 11.8 Å². The van der Waals surface area contributed by atoms with Gasteiger partial charge in [0, 0.05) is 4.47 Å². The van der Waals surface area contributed by atoms with E-state index in [-0.39, 0.29) is 17.9 Å². The zero-order chi connectivity index (χ0) is 27.5. The Kier molecular flexibility index (Phi) is 10.2. The normalized spacial score (nSPS) is 10.5. The minimum absolute atomic E-state index is 0.211. The average molecular weight is 584 g/mol. The van der Waals surface area contributed by atoms with Crippen molar-refractivity contribution in [3.8, 4) is 23.0 Å². The molecular formula is C27H26BrN3O7. The average Bonchev–Trinajstić information content (AvgIpc) is 2.93. The zero-order valence-corrected chi connectivity index (χ0v) is 22.5. The fraction of sp³-hybridized carbons (Fsp3) is 0.185. The third-order valence-electron chi connectivity index (χ3n) is 5.02. The quantitative estimate of drug-likeness (QED) is 0.151. The van der Waals surface area contributed by atoms with Crippen molar-refractivity contribution in [2.45, 2.75) is 6.92 Å². The molecule has 2 amide bonds. The van der Waals surface area contributed by atoms with E-state index in [2.05, 4.69) is 31.8 Å². The van der Waals surface area contributed by atoms with Gasteiger partial charge in [-0.3, -0.25) is 9.59 Å². The van der Waals surface area contributed by atoms with E-state index >= 15 is 0 Å². The van der Waals surface area contributed by atoms with Crippen LogP contribution < -0.4 is 29.7 Å². The predicted molar refractivity (Wildman–Crippen MR) is 144 cm³/mol. The maximum atomic E-state index is 12.7. The van der Waals surface area contributed by atoms with Crippen molar-refractivity contribution in [1.29, 1.82) is 0 Å². The topological polar surface area (TPSA) is 125 Å². The van der Waals surface area contributed by atoms with Crippen molar-refractivity contribution in [3.05, 3.63) is 81.8 Å². The van der Waals surface area contributed by atoms with Crippen LogP contribution in [0.2, 0.25) is 0 Å². The standard InChI is InChI=1S/C27H26BrN3O7/c1-4-37-24-13-17(15-30-31-25(32)16-29-26(33)19-7-5-6-8-20(19)28)9-11-22(24)38-27(34)18-10-12-21(35-2)23(14-18)36-3/h5-15H,4,16H2,1-3H3,(H,29,33)(H,31,32). The van der Waals surface area contributed by atoms with Crippen molar-refractivity contribution in [1.82, 2.24) is 10.7 Å². The van der Waals surface area contributed by atoms with Crippen LogP contribution in [0, 0.1) is 0 Å². The van der Waals surface area contributed by atoms with Gasteiger partial charge in [-0.2, -0.15) is 5.10 Å². The second kappa shape index (κ2) is 13.8. The highest BCUT2D eigenvalue weighted by Crippen LogP contribution is 2.31. The molecule has 0 aliphatic carbocycles. The number of amides is 2. The number of hydrogen-bond acceptors (Lipinski definition) is 8. The van der Waals surface area contributed by atoms with Crippen LogP contribution in [0.4, 0.5) is 0 Å². The Morgan fingerprint density at radius 2 is 1.66 bits per heavy atom. The molecule has 198 valence electrons. The highest BCUT2D eigenvalue weighted by atomic mass is 79.9. The first-order valence-corrected chi connectivity index (χ1v) is 12.2. The molecule has 0 fully saturated rings. The number of nitrogens with one attached hydrogen (secondary N) is 2. The summed E-state index contributed by atoms with van der Waals surface area (Å²) in [6.07, 6.45) is 1.40. The van der Waals surface area contributed by atoms with Gasteiger partial charge >= 0.3 is 5.97 Å². The van der Waals surface area contributed by atoms with E-state index in [9.17, 15) is 14.4 Å². The summed E-state index contributed by atoms with van der Waals surface area (Å²) in [5.74, 6) is -0.0945. The molecule has 0 unspecified atom stereocenters. The number of methoxy groups -OCH3 is 2. The van der Waals surface area contributed by atoms with E-state index in [0.717, 1.165) is 0 Å². The first-order chi connectivity index (χ1) is 18.4. The molecule has 0 saturated heterocycles. The Hall–Kier alpha value is -4.38. The summed E-state index contributed by atoms with van der Waals surface area (Å²) in [7, 11) is 2.98. The van der Waals surface area contributed by atoms with Crippen LogP contribution in [0.15, 0.2) is 70.2 Å². The predicted octanol–water partition coefficient (Wildman–Crippen LogP) is 3.96. The van der Waals surface area contributed by atoms with Crippen LogP contribution in [-0.2, 0) is 4.79 Å². The summed E-state index contributed by atoms with van der Waals surface area (Å²) in [5.41, 5.74) is 3.61. The van der Waals surface area contributed by atoms with Gasteiger partial charge in [0.1, 0.15) is 0 Å². The minimum atomic E-state index is -0.606. The van der Waals surface area contributed by atoms with Crippen LogP contribution in [0.5, 0.6) is 23.0 Å². The molecule has 0 saturated carbocycles. The van der Waals surface area contributed by atoms with Crippen molar-refractivity contribution < 1.29 is 33.3 Å². The molecule has 3 rings (SSSR count). The van der Waals surface area contributed by atoms with E-state index in [4.69, 9.17) is 18.9 Å². The SMILES string of the molecule is CCOc1cc(C=NNC(=O)CNC(=O)c2ccccc2Br)ccc1OC(=O)c1ccc(OC)c(OC)c1. The van der Waals surface area contributed by atoms with Gasteiger partial charge in [-0.1, -0.05) is 12.1 Å². The monoisotopic (exact) mass is 583 g/mol. The lowest BCUT2D eigenvalue weighted by Crippen LogP contribution is -2.35. The molecule has 11 heteroatoms. The van der Waals surface area contributed by atoms with Gasteiger partial charge in [-0.05, 0) is 76.9 Å². The summed E-state index contributed by atoms with van der Waals surface area (Å²) >= 11 is 3.30. The number of halogens is 1. The summed E-state index contributed by atoms with van der Waals surface area (Å²) in [5, 5.41) is 6.44. The van der Waals surface area contributed by atoms with Crippen molar-refractivity contribution in [2.24, 2.45) is 5.10 Å². The first-order valence-electron chi connectivity index (χ1n) is 11.4. The molecular weight excluding hydrogens is 558 g/mol. The number of hydrazone groups is 1. The molecule has 0 aliphatic heterocycles. The molecule has 38 heavy (non-hydrogen) atoms. The van der Waals surface area contributed by atoms with Gasteiger partial charge in [0.15, 0.2) is 23.0 Å². The number of esters is 1. The summed E-state index contributed by atoms with van der Waals surface area (Å²) in [6.45, 7) is 1.87. The highest BCUT2D eigenvalue weighted by molar-refractivity contribution is 9.10. The van der Waals surface area contributed by atoms with Gasteiger partial charge in [-0.15, -0.1) is 0 Å². The molecule has 0 aliphatic rings. The lowest BCUT2D eigenvalue weighted by Gasteiger charge is -2.12. The molecule has 3 aromatic carbocycles. The van der Waals surface area contributed by atoms with E-state index in [1.807, 2.05) is 0 Å². The molecule has 3 aromatic rings. The zero-order valence-electron chi connectivity index (χ0n) is 20.9. The Bertz CT molecular complexity index is 1340. The summed E-state index contributed by atoms with van der Waals surface area (Å²) in [4.78, 5) is 37.0. The number of benzene rings is 3. The van der Waals surface area contributed by atoms with Crippen LogP contribution >= 0.6 is 15.9 Å². The largest absolute Gasteiger partial charge is 0.493 e. The first kappa shape index (κ1) is 28.2. The Labute approximate surface area is 228 Å². The van der Waals surface area contributed by atoms with Gasteiger partial charge in [0.2, 0.25) is 0 Å². The lowest BCUT2D eigenvalue weighted by atomic mass is 10.2. The molecule has 0 radical (unpaired) electrons. The Balaban J connectivity index is 1.61. The fourth-order valence-electron chi connectivity index (χ4n) is 3.20. The third-order valence-corrected chi connectivity index (χ3v) is 5.71. The third kappa shape index (κ3) is 7.56. The number of ether oxygens (including phenoxy) is 4. The fourth-order valence-corrected chi connectivity index (χ4v) is 3.66. The van der Waals surface area contributed by atoms with E-state index < -0.39 is 17.8 Å². The number of carbonyl (C=O) groups is 3. The smallest absolute Gasteiger partial charge is 0.343 e. The van der Waals surface area contributed by atoms with Crippen molar-refractivity contribution >= 4 is 39.9 Å². The van der Waals surface area contributed by atoms with Gasteiger partial charge in [-0.25, -0.2) is 10.2 Å². The Morgan fingerprint density at radius 3 is 2.37 bits per heavy atom. The number of carbonyl (C=O) groups excluding carboxylic acids is 3. The van der Waals surface area contributed by atoms with Crippen LogP contribution in [0.1, 0.15) is 33.2 Å². The highest BCUT2D eigenvalue weighted by Gasteiger charge is 2.16. The Morgan fingerprint density at radius 1 is 0.921 bits per heavy atom. The molecule has 10 nitrogen and oxygen atoms in total. The lowest BCUT2D eigenvalue weighted by molar-refractivity contribution is -0.120. The van der Waals surface area contributed by atoms with Crippen molar-refractivity contribution in [2.75, 3.05) is 27.4 Å². The minimum Gasteiger partial charge on any atom is -0.493 e. The van der Waals surface area contributed by atoms with Gasteiger partial charge < -0.3 is 24.3 Å². The molecule has 0 heterocycles. The molecule has 0 atom stereocenters. The summed E-state index contributed by atoms with van der Waals surface area (Å²) < 4.78 is 22.2. The van der Waals surface area contributed by atoms with E-state index in [1.165, 1.54) is 26.5 Å². The number of rotatable bonds is 11. The second-order valence-corrected chi connectivity index (χ2v) is 8.41. The van der Waals surface area contributed by atoms with Crippen LogP contribution in [-0.4, -0.2) is 51.4 Å². The molecule has 0 bridgehead atoms. The summed E-state index contributed by atoms with van der Waals surface area (Å²) in [6, 6.07) is 16.4. The number of hydrogen-bond donors (Lipinski definition) is 2. The van der Waals surface area contributed by atoms with E-state index in [1.54, 1.807) is 61.5 Å². The van der Waals surface area contributed by atoms with Crippen LogP contribution in [0.25, 0.3) is 0 Å². The van der Waals surface area contributed by atoms with Crippen LogP contribution in [0.3, 0.4) is 0 Å². The number of nitrogens with zero attached hydrogens (tertiary/aromatic N) is 1. The molecule has 0 aromatic heterocycles. The van der Waals surface area contributed by atoms with Gasteiger partial charge in [0.05, 0.1) is 44.7 Å². The molecule has 0 spiro atoms. The molecule has 2 N–H and O–H groups in total. The maximum absolute atomic E-state index is 12.7. The van der Waals surface area contributed by atoms with Crippen molar-refractivity contribution in [3.63, 3.8) is 0 Å². The second-order valence-electron chi connectivity index (χ2n) is 7.55.